The second-order valence-electron chi connectivity index (χ2n) is 26.5. The Morgan fingerprint density at radius 3 is 0.981 bits per heavy atom. The largest absolute Gasteiger partial charge is 0.493 e. The third kappa shape index (κ3) is 15.0. The lowest BCUT2D eigenvalue weighted by atomic mass is 9.30. The smallest absolute Gasteiger partial charge is 0.410 e. The molecular formula is C89H79B4Br4N4O2. The van der Waals surface area contributed by atoms with Crippen LogP contribution in [-0.2, 0) is 9.31 Å². The molecule has 0 unspecified atom stereocenters. The number of rotatable bonds is 13. The summed E-state index contributed by atoms with van der Waals surface area (Å²) in [5.41, 5.74) is 34.5. The summed E-state index contributed by atoms with van der Waals surface area (Å²) in [5.74, 6) is 0. The van der Waals surface area contributed by atoms with Crippen molar-refractivity contribution in [2.45, 2.75) is 62.3 Å². The van der Waals surface area contributed by atoms with Gasteiger partial charge in [-0.1, -0.05) is 237 Å². The van der Waals surface area contributed by atoms with Crippen LogP contribution in [0, 0.1) is 62.3 Å². The fourth-order valence-electron chi connectivity index (χ4n) is 15.6. The third-order valence-corrected chi connectivity index (χ3v) is 22.1. The van der Waals surface area contributed by atoms with E-state index in [1.165, 1.54) is 106 Å². The quantitative estimate of drug-likeness (QED) is 0.107. The number of benzene rings is 13. The van der Waals surface area contributed by atoms with Crippen LogP contribution in [-0.4, -0.2) is 43.2 Å². The van der Waals surface area contributed by atoms with E-state index in [0.717, 1.165) is 68.9 Å². The first kappa shape index (κ1) is 73.9. The highest BCUT2D eigenvalue weighted by Crippen LogP contribution is 2.50. The highest BCUT2D eigenvalue weighted by Gasteiger charge is 2.43. The third-order valence-electron chi connectivity index (χ3n) is 19.5. The van der Waals surface area contributed by atoms with Crippen molar-refractivity contribution in [3.05, 3.63) is 347 Å². The van der Waals surface area contributed by atoms with Crippen molar-refractivity contribution < 1.29 is 9.31 Å². The zero-order chi connectivity index (χ0) is 71.5. The average molecular weight is 1600 g/mol. The van der Waals surface area contributed by atoms with Crippen LogP contribution < -0.4 is 57.8 Å². The minimum atomic E-state index is -0.254. The van der Waals surface area contributed by atoms with E-state index in [9.17, 15) is 0 Å². The summed E-state index contributed by atoms with van der Waals surface area (Å²) in [4.78, 5) is 9.52. The molecule has 0 aliphatic carbocycles. The monoisotopic (exact) mass is 1600 g/mol. The van der Waals surface area contributed by atoms with Crippen LogP contribution in [0.3, 0.4) is 0 Å². The van der Waals surface area contributed by atoms with E-state index in [1.807, 2.05) is 24.3 Å². The van der Waals surface area contributed by atoms with Gasteiger partial charge in [0.05, 0.1) is 22.7 Å². The first-order valence-electron chi connectivity index (χ1n) is 34.5. The highest BCUT2D eigenvalue weighted by molar-refractivity contribution is 9.11. The molecule has 0 saturated carbocycles. The number of halogens is 4. The predicted molar refractivity (Wildman–Crippen MR) is 459 cm³/mol. The lowest BCUT2D eigenvalue weighted by molar-refractivity contribution is 0.291. The fraction of sp³-hybridized carbons (Fsp3) is 0.124. The molecule has 2 heterocycles. The molecule has 0 N–H and O–H groups in total. The molecule has 2 aliphatic rings. The molecule has 103 heavy (non-hydrogen) atoms. The Hall–Kier alpha value is -8.84. The Bertz CT molecular complexity index is 4850. The van der Waals surface area contributed by atoms with Gasteiger partial charge in [0.1, 0.15) is 0 Å². The van der Waals surface area contributed by atoms with Gasteiger partial charge >= 0.3 is 7.12 Å². The molecule has 0 atom stereocenters. The molecule has 507 valence electrons. The molecule has 6 nitrogen and oxygen atoms in total. The summed E-state index contributed by atoms with van der Waals surface area (Å²) in [6.45, 7) is 20.0. The van der Waals surface area contributed by atoms with Crippen molar-refractivity contribution in [2.24, 2.45) is 0 Å². The molecule has 13 aromatic carbocycles. The van der Waals surface area contributed by atoms with E-state index in [2.05, 4.69) is 400 Å². The molecule has 13 aromatic rings. The van der Waals surface area contributed by atoms with Crippen molar-refractivity contribution in [2.75, 3.05) is 33.8 Å². The van der Waals surface area contributed by atoms with E-state index in [1.54, 1.807) is 14.2 Å². The molecule has 0 saturated heterocycles. The van der Waals surface area contributed by atoms with Gasteiger partial charge in [0, 0.05) is 86.0 Å². The maximum atomic E-state index is 5.26. The average Bonchev–Trinajstić information content (AvgIpc) is 0.796. The Kier molecular flexibility index (Phi) is 23.3. The van der Waals surface area contributed by atoms with E-state index in [-0.39, 0.29) is 29.0 Å². The van der Waals surface area contributed by atoms with Crippen LogP contribution in [0.2, 0.25) is 0 Å². The summed E-state index contributed by atoms with van der Waals surface area (Å²) in [6, 6.07) is 100. The summed E-state index contributed by atoms with van der Waals surface area (Å²) in [5, 5.41) is 0. The summed E-state index contributed by atoms with van der Waals surface area (Å²) in [6.07, 6.45) is 0. The van der Waals surface area contributed by atoms with Crippen molar-refractivity contribution >= 4 is 199 Å². The zero-order valence-corrected chi connectivity index (χ0v) is 66.3. The number of aryl methyl sites for hydroxylation is 9. The molecule has 0 amide bonds. The Balaban J connectivity index is 0.000000169. The van der Waals surface area contributed by atoms with Crippen LogP contribution in [0.1, 0.15) is 50.1 Å². The summed E-state index contributed by atoms with van der Waals surface area (Å²) >= 11 is 15.3. The van der Waals surface area contributed by atoms with Gasteiger partial charge in [0.2, 0.25) is 13.4 Å². The van der Waals surface area contributed by atoms with E-state index in [4.69, 9.17) is 9.31 Å². The van der Waals surface area contributed by atoms with E-state index in [0.29, 0.717) is 0 Å². The first-order chi connectivity index (χ1) is 49.4. The lowest BCUT2D eigenvalue weighted by Crippen LogP contribution is -2.63. The number of anilines is 12. The van der Waals surface area contributed by atoms with E-state index < -0.39 is 0 Å². The molecule has 15 rings (SSSR count). The maximum absolute atomic E-state index is 5.26. The van der Waals surface area contributed by atoms with Crippen molar-refractivity contribution in [1.29, 1.82) is 0 Å². The number of hydrogen-bond donors (Lipinski definition) is 0. The molecule has 3 radical (unpaired) electrons. The molecule has 0 aromatic heterocycles. The van der Waals surface area contributed by atoms with E-state index >= 15 is 0 Å². The second kappa shape index (κ2) is 32.4. The first-order valence-corrected chi connectivity index (χ1v) is 37.6. The number of hydrogen-bond acceptors (Lipinski definition) is 6. The number of nitrogens with zero attached hydrogens (tertiary/aromatic N) is 4. The molecule has 0 fully saturated rings. The Morgan fingerprint density at radius 1 is 0.301 bits per heavy atom. The second-order valence-corrected chi connectivity index (χ2v) is 30.0. The maximum Gasteiger partial charge on any atom is 0.493 e. The minimum Gasteiger partial charge on any atom is -0.410 e. The topological polar surface area (TPSA) is 31.4 Å². The van der Waals surface area contributed by atoms with Crippen LogP contribution >= 0.6 is 63.7 Å². The van der Waals surface area contributed by atoms with Crippen molar-refractivity contribution in [1.82, 2.24) is 0 Å². The minimum absolute atomic E-state index is 0. The van der Waals surface area contributed by atoms with Crippen molar-refractivity contribution in [3.8, 4) is 0 Å². The van der Waals surface area contributed by atoms with Gasteiger partial charge in [-0.05, 0) is 256 Å². The normalized spacial score (nSPS) is 11.8. The van der Waals surface area contributed by atoms with Crippen molar-refractivity contribution in [3.63, 3.8) is 0 Å². The Morgan fingerprint density at radius 2 is 0.621 bits per heavy atom. The highest BCUT2D eigenvalue weighted by atomic mass is 79.9. The van der Waals surface area contributed by atoms with Gasteiger partial charge in [-0.2, -0.15) is 0 Å². The van der Waals surface area contributed by atoms with Gasteiger partial charge < -0.3 is 28.9 Å². The SMILES string of the molecule is Brc1ccccc1N(c1ccccc1)c1cc(N(c2ccccc2)c2ccccc2Br)c(Br)cc1Br.COB(OC)c1c(C)cc(C)cc1C.Cc1cc(C)c(B2c3ccccc3N(c3ccccc3)c3cc4c(cc32)B(c2c(C)cc(C)cc2C)c2ccccc2N4c2ccccc2)c(C)c1.[B]. The predicted octanol–water partition coefficient (Wildman–Crippen LogP) is 21.0. The van der Waals surface area contributed by atoms with Crippen LogP contribution in [0.4, 0.5) is 68.2 Å². The molecule has 0 spiro atoms. The number of fused-ring (bicyclic) bond motifs is 4. The summed E-state index contributed by atoms with van der Waals surface area (Å²) in [7, 11) is 3.07. The van der Waals surface area contributed by atoms with Gasteiger partial charge in [0.25, 0.3) is 0 Å². The number of para-hydroxylation sites is 8. The van der Waals surface area contributed by atoms with Gasteiger partial charge in [-0.25, -0.2) is 0 Å². The van der Waals surface area contributed by atoms with Crippen LogP contribution in [0.25, 0.3) is 0 Å². The Labute approximate surface area is 646 Å². The van der Waals surface area contributed by atoms with Crippen LogP contribution in [0.5, 0.6) is 0 Å². The molecule has 2 aliphatic heterocycles. The van der Waals surface area contributed by atoms with Crippen LogP contribution in [0.15, 0.2) is 297 Å². The fourth-order valence-corrected chi connectivity index (χ4v) is 17.8. The molecule has 14 heteroatoms. The van der Waals surface area contributed by atoms with Gasteiger partial charge in [-0.15, -0.1) is 0 Å². The summed E-state index contributed by atoms with van der Waals surface area (Å²) < 4.78 is 14.5. The molecule has 0 bridgehead atoms. The zero-order valence-electron chi connectivity index (χ0n) is 60.0. The standard InChI is InChI=1S/C48H42B2N2.C30H20Br4N2.C11H17BO2.B/c1-31-25-33(3)47(34(4)26-31)49-39-21-13-15-23-43(39)51(37-17-9-7-10-18-37)45-30-46-42(29-41(45)49)50(48-35(5)27-32(2)28-36(48)6)40-22-14-16-24-44(40)52(46)38-19-11-8-12-20-38;31-23-15-7-9-17-27(23)35(21-11-3-1-4-12-21)29-20-30(26(34)19-25(29)33)36(22-13-5-2-6-14-22)28-18-10-8-16-24(28)32;1-8-6-9(2)11(10(3)7-8)12(13-4)14-5;/h7-30H,1-6H3;1-20H;6-7H,1-5H3;. The van der Waals surface area contributed by atoms with Gasteiger partial charge in [0.15, 0.2) is 0 Å². The van der Waals surface area contributed by atoms with Gasteiger partial charge in [-0.3, -0.25) is 0 Å². The molecular weight excluding hydrogens is 1520 g/mol. The lowest BCUT2D eigenvalue weighted by Gasteiger charge is -2.42.